The first-order valence-electron chi connectivity index (χ1n) is 3.96. The van der Waals surface area contributed by atoms with Crippen LogP contribution in [0.3, 0.4) is 0 Å². The highest BCUT2D eigenvalue weighted by Crippen LogP contribution is 2.20. The van der Waals surface area contributed by atoms with Crippen molar-refractivity contribution < 1.29 is 22.4 Å². The zero-order chi connectivity index (χ0) is 11.6. The van der Waals surface area contributed by atoms with Gasteiger partial charge in [0.25, 0.3) is 6.43 Å². The fourth-order valence-electron chi connectivity index (χ4n) is 1.03. The summed E-state index contributed by atoms with van der Waals surface area (Å²) >= 11 is 0. The van der Waals surface area contributed by atoms with Gasteiger partial charge in [-0.2, -0.15) is 0 Å². The van der Waals surface area contributed by atoms with Crippen LogP contribution in [0.4, 0.5) is 23.2 Å². The van der Waals surface area contributed by atoms with Crippen molar-refractivity contribution in [2.45, 2.75) is 12.8 Å². The fourth-order valence-corrected chi connectivity index (χ4v) is 1.03. The summed E-state index contributed by atoms with van der Waals surface area (Å²) in [5, 5.41) is 0. The fraction of sp³-hybridized carbons (Fsp3) is 0.222. The smallest absolute Gasteiger partial charge is 0.296 e. The van der Waals surface area contributed by atoms with Gasteiger partial charge in [0.05, 0.1) is 5.69 Å². The Balaban J connectivity index is 3.04. The summed E-state index contributed by atoms with van der Waals surface area (Å²) in [6, 6.07) is 1.79. The molecule has 15 heavy (non-hydrogen) atoms. The van der Waals surface area contributed by atoms with Gasteiger partial charge in [-0.05, 0) is 12.1 Å². The molecule has 1 aromatic carbocycles. The second-order valence-electron chi connectivity index (χ2n) is 2.87. The molecule has 6 heteroatoms. The van der Waals surface area contributed by atoms with Crippen LogP contribution in [0.2, 0.25) is 0 Å². The molecule has 0 unspecified atom stereocenters. The molecule has 82 valence electrons. The van der Waals surface area contributed by atoms with E-state index in [1.165, 1.54) is 0 Å². The van der Waals surface area contributed by atoms with Crippen molar-refractivity contribution >= 4 is 11.5 Å². The largest absolute Gasteiger partial charge is 0.396 e. The molecule has 0 heterocycles. The van der Waals surface area contributed by atoms with E-state index in [0.717, 1.165) is 12.1 Å². The minimum atomic E-state index is -3.25. The Labute approximate surface area is 82.7 Å². The first-order valence-corrected chi connectivity index (χ1v) is 3.96. The third-order valence-corrected chi connectivity index (χ3v) is 1.81. The number of anilines is 1. The highest BCUT2D eigenvalue weighted by molar-refractivity contribution is 5.84. The number of halogens is 4. The van der Waals surface area contributed by atoms with Crippen LogP contribution >= 0.6 is 0 Å². The van der Waals surface area contributed by atoms with Crippen LogP contribution in [0.15, 0.2) is 12.1 Å². The van der Waals surface area contributed by atoms with Gasteiger partial charge in [0, 0.05) is 12.0 Å². The predicted molar refractivity (Wildman–Crippen MR) is 45.5 cm³/mol. The molecule has 0 fully saturated rings. The molecular weight excluding hydrogens is 214 g/mol. The predicted octanol–water partition coefficient (Wildman–Crippen LogP) is 1.92. The lowest BCUT2D eigenvalue weighted by Crippen LogP contribution is -2.15. The first-order chi connectivity index (χ1) is 6.93. The Kier molecular flexibility index (Phi) is 3.28. The first kappa shape index (κ1) is 11.5. The Morgan fingerprint density at radius 3 is 2.47 bits per heavy atom. The quantitative estimate of drug-likeness (QED) is 0.626. The molecule has 0 saturated carbocycles. The number of nitrogen functional groups attached to an aromatic ring is 1. The van der Waals surface area contributed by atoms with E-state index in [0.29, 0.717) is 0 Å². The van der Waals surface area contributed by atoms with Crippen molar-refractivity contribution in [3.63, 3.8) is 0 Å². The summed E-state index contributed by atoms with van der Waals surface area (Å²) in [5.41, 5.74) is 4.00. The third-order valence-electron chi connectivity index (χ3n) is 1.81. The van der Waals surface area contributed by atoms with E-state index in [4.69, 9.17) is 5.73 Å². The molecule has 0 aliphatic carbocycles. The number of nitrogens with two attached hydrogens (primary N) is 1. The second-order valence-corrected chi connectivity index (χ2v) is 2.87. The van der Waals surface area contributed by atoms with Crippen molar-refractivity contribution in [1.82, 2.24) is 0 Å². The number of ketones is 1. The van der Waals surface area contributed by atoms with Crippen LogP contribution in [-0.2, 0) is 11.2 Å². The van der Waals surface area contributed by atoms with E-state index in [2.05, 4.69) is 0 Å². The lowest BCUT2D eigenvalue weighted by atomic mass is 10.1. The van der Waals surface area contributed by atoms with Gasteiger partial charge in [0.2, 0.25) is 5.78 Å². The van der Waals surface area contributed by atoms with Crippen LogP contribution in [0.5, 0.6) is 0 Å². The van der Waals surface area contributed by atoms with Crippen LogP contribution in [0, 0.1) is 11.6 Å². The number of hydrogen-bond acceptors (Lipinski definition) is 2. The van der Waals surface area contributed by atoms with Gasteiger partial charge >= 0.3 is 0 Å². The van der Waals surface area contributed by atoms with Crippen LogP contribution < -0.4 is 5.73 Å². The SMILES string of the molecule is Nc1ccc(F)c(CC(=O)C(F)F)c1F. The number of benzene rings is 1. The molecule has 0 aromatic heterocycles. The average Bonchev–Trinajstić information content (AvgIpc) is 2.18. The van der Waals surface area contributed by atoms with Crippen molar-refractivity contribution in [1.29, 1.82) is 0 Å². The molecule has 0 spiro atoms. The number of Topliss-reactive ketones (excluding diaryl/α,β-unsaturated/α-hetero) is 1. The summed E-state index contributed by atoms with van der Waals surface area (Å²) in [7, 11) is 0. The van der Waals surface area contributed by atoms with Crippen molar-refractivity contribution in [3.05, 3.63) is 29.3 Å². The number of rotatable bonds is 3. The summed E-state index contributed by atoms with van der Waals surface area (Å²) in [6.45, 7) is 0. The minimum absolute atomic E-state index is 0.381. The topological polar surface area (TPSA) is 43.1 Å². The molecule has 0 atom stereocenters. The van der Waals surface area contributed by atoms with Gasteiger partial charge in [-0.25, -0.2) is 17.6 Å². The van der Waals surface area contributed by atoms with E-state index in [1.807, 2.05) is 0 Å². The van der Waals surface area contributed by atoms with Gasteiger partial charge in [-0.1, -0.05) is 0 Å². The van der Waals surface area contributed by atoms with Gasteiger partial charge in [-0.3, -0.25) is 4.79 Å². The molecular formula is C9H7F4NO. The summed E-state index contributed by atoms with van der Waals surface area (Å²) in [5.74, 6) is -3.77. The average molecular weight is 221 g/mol. The Hall–Kier alpha value is -1.59. The molecule has 0 aliphatic rings. The van der Waals surface area contributed by atoms with E-state index in [-0.39, 0.29) is 5.69 Å². The number of alkyl halides is 2. The molecule has 2 nitrogen and oxygen atoms in total. The Morgan fingerprint density at radius 2 is 1.93 bits per heavy atom. The molecule has 0 radical (unpaired) electrons. The summed E-state index contributed by atoms with van der Waals surface area (Å²) in [4.78, 5) is 10.6. The number of carbonyl (C=O) groups excluding carboxylic acids is 1. The van der Waals surface area contributed by atoms with Crippen LogP contribution in [0.1, 0.15) is 5.56 Å². The molecule has 1 rings (SSSR count). The maximum Gasteiger partial charge on any atom is 0.296 e. The highest BCUT2D eigenvalue weighted by Gasteiger charge is 2.21. The number of hydrogen-bond donors (Lipinski definition) is 1. The standard InChI is InChI=1S/C9H7F4NO/c10-5-1-2-6(14)8(11)4(5)3-7(15)9(12)13/h1-2,9H,3,14H2. The summed E-state index contributed by atoms with van der Waals surface area (Å²) < 4.78 is 49.8. The van der Waals surface area contributed by atoms with Gasteiger partial charge in [-0.15, -0.1) is 0 Å². The Morgan fingerprint density at radius 1 is 1.33 bits per heavy atom. The number of carbonyl (C=O) groups is 1. The molecule has 1 aromatic rings. The van der Waals surface area contributed by atoms with Gasteiger partial charge < -0.3 is 5.73 Å². The van der Waals surface area contributed by atoms with Crippen molar-refractivity contribution in [3.8, 4) is 0 Å². The highest BCUT2D eigenvalue weighted by atomic mass is 19.3. The molecule has 0 bridgehead atoms. The minimum Gasteiger partial charge on any atom is -0.396 e. The lowest BCUT2D eigenvalue weighted by molar-refractivity contribution is -0.128. The Bertz CT molecular complexity index is 392. The molecule has 0 saturated heterocycles. The van der Waals surface area contributed by atoms with Crippen LogP contribution in [-0.4, -0.2) is 12.2 Å². The second kappa shape index (κ2) is 4.29. The van der Waals surface area contributed by atoms with Gasteiger partial charge in [0.15, 0.2) is 5.82 Å². The monoisotopic (exact) mass is 221 g/mol. The third kappa shape index (κ3) is 2.45. The zero-order valence-corrected chi connectivity index (χ0v) is 7.44. The van der Waals surface area contributed by atoms with E-state index in [9.17, 15) is 22.4 Å². The van der Waals surface area contributed by atoms with E-state index < -0.39 is 35.8 Å². The molecule has 2 N–H and O–H groups in total. The maximum absolute atomic E-state index is 13.1. The molecule has 0 amide bonds. The normalized spacial score (nSPS) is 10.7. The zero-order valence-electron chi connectivity index (χ0n) is 7.44. The molecule has 0 aliphatic heterocycles. The maximum atomic E-state index is 13.1. The van der Waals surface area contributed by atoms with E-state index >= 15 is 0 Å². The van der Waals surface area contributed by atoms with E-state index in [1.54, 1.807) is 0 Å². The summed E-state index contributed by atoms with van der Waals surface area (Å²) in [6.07, 6.45) is -4.24. The lowest BCUT2D eigenvalue weighted by Gasteiger charge is -2.05. The van der Waals surface area contributed by atoms with Crippen molar-refractivity contribution in [2.24, 2.45) is 0 Å². The van der Waals surface area contributed by atoms with Crippen LogP contribution in [0.25, 0.3) is 0 Å². The van der Waals surface area contributed by atoms with Gasteiger partial charge in [0.1, 0.15) is 5.82 Å². The van der Waals surface area contributed by atoms with Crippen molar-refractivity contribution in [2.75, 3.05) is 5.73 Å².